The van der Waals surface area contributed by atoms with Gasteiger partial charge in [0.05, 0.1) is 5.56 Å². The number of nitrogens with two attached hydrogens (primary N) is 2. The molecule has 0 unspecified atom stereocenters. The summed E-state index contributed by atoms with van der Waals surface area (Å²) in [6.45, 7) is 3.57. The summed E-state index contributed by atoms with van der Waals surface area (Å²) in [5, 5.41) is 1.84. The van der Waals surface area contributed by atoms with Crippen LogP contribution in [-0.2, 0) is 6.54 Å². The molecular weight excluding hydrogens is 294 g/mol. The van der Waals surface area contributed by atoms with Crippen molar-refractivity contribution in [2.75, 3.05) is 19.6 Å². The van der Waals surface area contributed by atoms with E-state index in [1.54, 1.807) is 11.3 Å². The first-order valence-corrected chi connectivity index (χ1v) is 8.40. The number of amides is 1. The minimum atomic E-state index is -0.356. The Hall–Kier alpha value is -1.69. The standard InChI is InChI=1S/C17H21N3OS/c18-7-14-8-20(9-15-6-13(11-22-15)17(19)21)10-16(14)12-4-2-1-3-5-12/h1-6,11,14,16H,7-10,18H2,(H2,19,21)/t14-,16+/m1/s1. The number of benzene rings is 1. The molecule has 5 heteroatoms. The van der Waals surface area contributed by atoms with Gasteiger partial charge in [-0.15, -0.1) is 11.3 Å². The summed E-state index contributed by atoms with van der Waals surface area (Å²) in [4.78, 5) is 14.8. The van der Waals surface area contributed by atoms with Gasteiger partial charge in [0, 0.05) is 35.8 Å². The van der Waals surface area contributed by atoms with Crippen molar-refractivity contribution < 1.29 is 4.79 Å². The van der Waals surface area contributed by atoms with Crippen LogP contribution in [-0.4, -0.2) is 30.4 Å². The van der Waals surface area contributed by atoms with E-state index >= 15 is 0 Å². The number of primary amides is 1. The zero-order chi connectivity index (χ0) is 15.5. The Morgan fingerprint density at radius 3 is 2.68 bits per heavy atom. The molecule has 1 aromatic carbocycles. The number of nitrogens with zero attached hydrogens (tertiary/aromatic N) is 1. The van der Waals surface area contributed by atoms with E-state index in [-0.39, 0.29) is 5.91 Å². The number of likely N-dealkylation sites (tertiary alicyclic amines) is 1. The van der Waals surface area contributed by atoms with Crippen molar-refractivity contribution >= 4 is 17.2 Å². The Morgan fingerprint density at radius 1 is 1.27 bits per heavy atom. The molecule has 0 spiro atoms. The number of hydrogen-bond donors (Lipinski definition) is 2. The van der Waals surface area contributed by atoms with Gasteiger partial charge in [-0.05, 0) is 24.1 Å². The van der Waals surface area contributed by atoms with Crippen LogP contribution in [0.25, 0.3) is 0 Å². The average Bonchev–Trinajstić information content (AvgIpc) is 3.15. The van der Waals surface area contributed by atoms with Crippen LogP contribution < -0.4 is 11.5 Å². The zero-order valence-electron chi connectivity index (χ0n) is 12.4. The minimum Gasteiger partial charge on any atom is -0.366 e. The first-order valence-electron chi connectivity index (χ1n) is 7.52. The lowest BCUT2D eigenvalue weighted by Gasteiger charge is -2.16. The van der Waals surface area contributed by atoms with Crippen molar-refractivity contribution in [2.24, 2.45) is 17.4 Å². The van der Waals surface area contributed by atoms with Gasteiger partial charge in [0.25, 0.3) is 0 Å². The summed E-state index contributed by atoms with van der Waals surface area (Å²) in [5.74, 6) is 0.616. The Balaban J connectivity index is 1.70. The Labute approximate surface area is 134 Å². The van der Waals surface area contributed by atoms with Gasteiger partial charge in [0.1, 0.15) is 0 Å². The van der Waals surface area contributed by atoms with Crippen LogP contribution >= 0.6 is 11.3 Å². The van der Waals surface area contributed by atoms with Gasteiger partial charge in [0.2, 0.25) is 5.91 Å². The highest BCUT2D eigenvalue weighted by molar-refractivity contribution is 7.10. The molecule has 2 heterocycles. The molecule has 0 radical (unpaired) electrons. The van der Waals surface area contributed by atoms with Gasteiger partial charge >= 0.3 is 0 Å². The fraction of sp³-hybridized carbons (Fsp3) is 0.353. The predicted molar refractivity (Wildman–Crippen MR) is 89.8 cm³/mol. The monoisotopic (exact) mass is 315 g/mol. The molecule has 22 heavy (non-hydrogen) atoms. The third kappa shape index (κ3) is 3.21. The molecule has 1 aromatic heterocycles. The minimum absolute atomic E-state index is 0.356. The number of thiophene rings is 1. The summed E-state index contributed by atoms with van der Waals surface area (Å²) in [5.41, 5.74) is 13.3. The highest BCUT2D eigenvalue weighted by Gasteiger charge is 2.32. The van der Waals surface area contributed by atoms with E-state index in [4.69, 9.17) is 11.5 Å². The van der Waals surface area contributed by atoms with Gasteiger partial charge in [-0.2, -0.15) is 0 Å². The summed E-state index contributed by atoms with van der Waals surface area (Å²) >= 11 is 1.60. The van der Waals surface area contributed by atoms with Crippen molar-refractivity contribution in [2.45, 2.75) is 12.5 Å². The normalized spacial score (nSPS) is 22.0. The van der Waals surface area contributed by atoms with Crippen LogP contribution in [0.5, 0.6) is 0 Å². The Kier molecular flexibility index (Phi) is 4.57. The van der Waals surface area contributed by atoms with E-state index in [0.29, 0.717) is 23.9 Å². The lowest BCUT2D eigenvalue weighted by molar-refractivity contribution is 0.100. The molecule has 3 rings (SSSR count). The largest absolute Gasteiger partial charge is 0.366 e. The quantitative estimate of drug-likeness (QED) is 0.886. The molecule has 0 bridgehead atoms. The molecule has 0 saturated carbocycles. The maximum absolute atomic E-state index is 11.2. The number of carbonyl (C=O) groups is 1. The second kappa shape index (κ2) is 6.60. The third-order valence-electron chi connectivity index (χ3n) is 4.36. The third-order valence-corrected chi connectivity index (χ3v) is 5.29. The van der Waals surface area contributed by atoms with Crippen molar-refractivity contribution in [1.82, 2.24) is 4.90 Å². The van der Waals surface area contributed by atoms with E-state index in [2.05, 4.69) is 29.2 Å². The van der Waals surface area contributed by atoms with E-state index in [1.165, 1.54) is 10.4 Å². The van der Waals surface area contributed by atoms with E-state index < -0.39 is 0 Å². The fourth-order valence-electron chi connectivity index (χ4n) is 3.22. The molecule has 4 nitrogen and oxygen atoms in total. The lowest BCUT2D eigenvalue weighted by atomic mass is 9.89. The van der Waals surface area contributed by atoms with Gasteiger partial charge < -0.3 is 11.5 Å². The topological polar surface area (TPSA) is 72.3 Å². The van der Waals surface area contributed by atoms with Gasteiger partial charge in [-0.25, -0.2) is 0 Å². The van der Waals surface area contributed by atoms with Gasteiger partial charge in [-0.1, -0.05) is 30.3 Å². The van der Waals surface area contributed by atoms with E-state index in [1.807, 2.05) is 17.5 Å². The molecule has 1 saturated heterocycles. The van der Waals surface area contributed by atoms with E-state index in [0.717, 1.165) is 19.6 Å². The van der Waals surface area contributed by atoms with Crippen LogP contribution in [0.2, 0.25) is 0 Å². The van der Waals surface area contributed by atoms with Crippen LogP contribution in [0, 0.1) is 5.92 Å². The van der Waals surface area contributed by atoms with Crippen LogP contribution in [0.4, 0.5) is 0 Å². The summed E-state index contributed by atoms with van der Waals surface area (Å²) in [6.07, 6.45) is 0. The summed E-state index contributed by atoms with van der Waals surface area (Å²) in [6, 6.07) is 12.5. The van der Waals surface area contributed by atoms with Gasteiger partial charge in [0.15, 0.2) is 0 Å². The van der Waals surface area contributed by atoms with Crippen molar-refractivity contribution in [3.8, 4) is 0 Å². The molecule has 2 atom stereocenters. The Bertz CT molecular complexity index is 640. The average molecular weight is 315 g/mol. The molecule has 116 valence electrons. The molecular formula is C17H21N3OS. The van der Waals surface area contributed by atoms with Crippen LogP contribution in [0.15, 0.2) is 41.8 Å². The molecule has 1 fully saturated rings. The zero-order valence-corrected chi connectivity index (χ0v) is 13.3. The second-order valence-corrected chi connectivity index (χ2v) is 6.87. The maximum Gasteiger partial charge on any atom is 0.249 e. The number of rotatable bonds is 5. The summed E-state index contributed by atoms with van der Waals surface area (Å²) in [7, 11) is 0. The maximum atomic E-state index is 11.2. The van der Waals surface area contributed by atoms with Gasteiger partial charge in [-0.3, -0.25) is 9.69 Å². The number of hydrogen-bond acceptors (Lipinski definition) is 4. The Morgan fingerprint density at radius 2 is 2.05 bits per heavy atom. The van der Waals surface area contributed by atoms with Crippen molar-refractivity contribution in [1.29, 1.82) is 0 Å². The highest BCUT2D eigenvalue weighted by Crippen LogP contribution is 2.33. The van der Waals surface area contributed by atoms with Crippen LogP contribution in [0.1, 0.15) is 26.7 Å². The first kappa shape index (κ1) is 15.2. The summed E-state index contributed by atoms with van der Waals surface area (Å²) < 4.78 is 0. The van der Waals surface area contributed by atoms with E-state index in [9.17, 15) is 4.79 Å². The predicted octanol–water partition coefficient (Wildman–Crippen LogP) is 2.02. The smallest absolute Gasteiger partial charge is 0.249 e. The molecule has 1 aliphatic rings. The highest BCUT2D eigenvalue weighted by atomic mass is 32.1. The first-order chi connectivity index (χ1) is 10.7. The molecule has 1 amide bonds. The van der Waals surface area contributed by atoms with Crippen molar-refractivity contribution in [3.63, 3.8) is 0 Å². The molecule has 4 N–H and O–H groups in total. The van der Waals surface area contributed by atoms with Crippen molar-refractivity contribution in [3.05, 3.63) is 57.8 Å². The second-order valence-electron chi connectivity index (χ2n) is 5.87. The fourth-order valence-corrected chi connectivity index (χ4v) is 4.13. The molecule has 0 aliphatic carbocycles. The molecule has 2 aromatic rings. The van der Waals surface area contributed by atoms with Crippen LogP contribution in [0.3, 0.4) is 0 Å². The SMILES string of the molecule is NC[C@@H]1CN(Cc2cc(C(N)=O)cs2)C[C@H]1c1ccccc1. The number of carbonyl (C=O) groups excluding carboxylic acids is 1. The lowest BCUT2D eigenvalue weighted by Crippen LogP contribution is -2.23. The molecule has 1 aliphatic heterocycles.